The van der Waals surface area contributed by atoms with Crippen LogP contribution in [0.2, 0.25) is 0 Å². The van der Waals surface area contributed by atoms with Crippen LogP contribution in [0.15, 0.2) is 48.9 Å². The summed E-state index contributed by atoms with van der Waals surface area (Å²) in [4.78, 5) is 40.2. The fourth-order valence-electron chi connectivity index (χ4n) is 2.75. The van der Waals surface area contributed by atoms with Crippen molar-refractivity contribution in [3.8, 4) is 11.3 Å². The summed E-state index contributed by atoms with van der Waals surface area (Å²) in [6.45, 7) is 1.87. The van der Waals surface area contributed by atoms with Crippen molar-refractivity contribution >= 4 is 40.3 Å². The van der Waals surface area contributed by atoms with Gasteiger partial charge in [-0.3, -0.25) is 9.59 Å². The lowest BCUT2D eigenvalue weighted by Gasteiger charge is -2.03. The highest BCUT2D eigenvalue weighted by atomic mass is 32.1. The van der Waals surface area contributed by atoms with Gasteiger partial charge in [0, 0.05) is 35.2 Å². The lowest BCUT2D eigenvalue weighted by Crippen LogP contribution is -2.05. The van der Waals surface area contributed by atoms with E-state index >= 15 is 0 Å². The molecule has 3 N–H and O–H groups in total. The van der Waals surface area contributed by atoms with E-state index in [0.29, 0.717) is 27.3 Å². The molecule has 28 heavy (non-hydrogen) atoms. The van der Waals surface area contributed by atoms with Gasteiger partial charge in [-0.25, -0.2) is 15.0 Å². The number of aryl methyl sites for hydroxylation is 1. The molecular weight excluding hydrogens is 374 g/mol. The number of rotatable bonds is 5. The second-order valence-corrected chi connectivity index (χ2v) is 7.32. The zero-order valence-corrected chi connectivity index (χ0v) is 15.7. The number of carbonyl (C=O) groups is 2. The van der Waals surface area contributed by atoms with E-state index in [1.165, 1.54) is 17.4 Å². The Morgan fingerprint density at radius 3 is 2.61 bits per heavy atom. The van der Waals surface area contributed by atoms with Gasteiger partial charge in [0.1, 0.15) is 5.52 Å². The Morgan fingerprint density at radius 2 is 1.93 bits per heavy atom. The van der Waals surface area contributed by atoms with Crippen LogP contribution >= 0.6 is 11.3 Å². The number of amides is 1. The number of ketones is 1. The highest BCUT2D eigenvalue weighted by molar-refractivity contribution is 7.13. The molecule has 7 nitrogen and oxygen atoms in total. The number of primary amides is 1. The predicted octanol–water partition coefficient (Wildman–Crippen LogP) is 3.12. The van der Waals surface area contributed by atoms with Crippen molar-refractivity contribution in [3.05, 3.63) is 69.9 Å². The summed E-state index contributed by atoms with van der Waals surface area (Å²) in [5, 5.41) is 0.858. The van der Waals surface area contributed by atoms with Crippen LogP contribution < -0.4 is 5.73 Å². The standard InChI is InChI=1S/C20H15N5O2S/c1-11-22-10-16(28-11)19(27)13-4-2-12(3-5-13)15-9-24-20-18(25-15)14(8-23-20)6-7-17(21)26/h2-10H,1H3,(H2,21,26)(H,23,24)/b7-6+. The minimum absolute atomic E-state index is 0.0526. The summed E-state index contributed by atoms with van der Waals surface area (Å²) in [6.07, 6.45) is 7.84. The smallest absolute Gasteiger partial charge is 0.241 e. The number of carbonyl (C=O) groups excluding carboxylic acids is 2. The molecule has 0 atom stereocenters. The molecule has 3 heterocycles. The van der Waals surface area contributed by atoms with Crippen LogP contribution in [-0.2, 0) is 4.79 Å². The van der Waals surface area contributed by atoms with Crippen molar-refractivity contribution < 1.29 is 9.59 Å². The first-order chi connectivity index (χ1) is 13.5. The fourth-order valence-corrected chi connectivity index (χ4v) is 3.49. The molecule has 0 unspecified atom stereocenters. The van der Waals surface area contributed by atoms with Crippen LogP contribution in [0, 0.1) is 6.92 Å². The third-order valence-corrected chi connectivity index (χ3v) is 5.04. The predicted molar refractivity (Wildman–Crippen MR) is 108 cm³/mol. The molecule has 0 fully saturated rings. The highest BCUT2D eigenvalue weighted by Crippen LogP contribution is 2.23. The number of aromatic nitrogens is 4. The monoisotopic (exact) mass is 389 g/mol. The summed E-state index contributed by atoms with van der Waals surface area (Å²) < 4.78 is 0. The molecule has 138 valence electrons. The molecule has 1 aromatic carbocycles. The SMILES string of the molecule is Cc1ncc(C(=O)c2ccc(-c3cnc4[nH]cc(/C=C/C(N)=O)c4n3)cc2)s1. The van der Waals surface area contributed by atoms with Crippen LogP contribution in [0.5, 0.6) is 0 Å². The van der Waals surface area contributed by atoms with Crippen molar-refractivity contribution in [2.45, 2.75) is 6.92 Å². The van der Waals surface area contributed by atoms with Gasteiger partial charge in [0.15, 0.2) is 5.65 Å². The molecule has 3 aromatic heterocycles. The molecule has 0 bridgehead atoms. The molecule has 0 aliphatic carbocycles. The Morgan fingerprint density at radius 1 is 1.14 bits per heavy atom. The van der Waals surface area contributed by atoms with Crippen LogP contribution in [0.3, 0.4) is 0 Å². The van der Waals surface area contributed by atoms with Crippen molar-refractivity contribution in [2.24, 2.45) is 5.73 Å². The van der Waals surface area contributed by atoms with Crippen molar-refractivity contribution in [1.82, 2.24) is 19.9 Å². The maximum absolute atomic E-state index is 12.5. The maximum atomic E-state index is 12.5. The number of thiazole rings is 1. The number of nitrogens with zero attached hydrogens (tertiary/aromatic N) is 3. The summed E-state index contributed by atoms with van der Waals surface area (Å²) >= 11 is 1.38. The van der Waals surface area contributed by atoms with Crippen molar-refractivity contribution in [2.75, 3.05) is 0 Å². The van der Waals surface area contributed by atoms with Crippen molar-refractivity contribution in [1.29, 1.82) is 0 Å². The summed E-state index contributed by atoms with van der Waals surface area (Å²) in [5.41, 5.74) is 9.20. The van der Waals surface area contributed by atoms with Gasteiger partial charge in [-0.05, 0) is 13.0 Å². The van der Waals surface area contributed by atoms with E-state index in [-0.39, 0.29) is 5.78 Å². The number of hydrogen-bond acceptors (Lipinski definition) is 6. The van der Waals surface area contributed by atoms with E-state index < -0.39 is 5.91 Å². The van der Waals surface area contributed by atoms with E-state index in [1.54, 1.807) is 36.8 Å². The van der Waals surface area contributed by atoms with Gasteiger partial charge in [-0.15, -0.1) is 11.3 Å². The number of fused-ring (bicyclic) bond motifs is 1. The lowest BCUT2D eigenvalue weighted by molar-refractivity contribution is -0.113. The first-order valence-electron chi connectivity index (χ1n) is 8.40. The number of benzene rings is 1. The van der Waals surface area contributed by atoms with E-state index in [0.717, 1.165) is 16.1 Å². The van der Waals surface area contributed by atoms with Gasteiger partial charge in [0.05, 0.1) is 21.8 Å². The van der Waals surface area contributed by atoms with E-state index in [2.05, 4.69) is 19.9 Å². The summed E-state index contributed by atoms with van der Waals surface area (Å²) in [5.74, 6) is -0.585. The number of hydrogen-bond donors (Lipinski definition) is 2. The molecule has 0 aliphatic rings. The van der Waals surface area contributed by atoms with Gasteiger partial charge < -0.3 is 10.7 Å². The van der Waals surface area contributed by atoms with Gasteiger partial charge >= 0.3 is 0 Å². The largest absolute Gasteiger partial charge is 0.366 e. The third-order valence-electron chi connectivity index (χ3n) is 4.13. The van der Waals surface area contributed by atoms with Gasteiger partial charge in [0.25, 0.3) is 0 Å². The van der Waals surface area contributed by atoms with Crippen LogP contribution in [0.4, 0.5) is 0 Å². The Labute approximate surface area is 164 Å². The minimum atomic E-state index is -0.533. The molecule has 0 saturated carbocycles. The molecule has 1 amide bonds. The number of aromatic amines is 1. The Hall–Kier alpha value is -3.65. The number of H-pyrrole nitrogens is 1. The van der Waals surface area contributed by atoms with Crippen LogP contribution in [0.1, 0.15) is 25.8 Å². The normalized spacial score (nSPS) is 11.3. The number of nitrogens with one attached hydrogen (secondary N) is 1. The Bertz CT molecular complexity index is 1220. The average molecular weight is 389 g/mol. The van der Waals surface area contributed by atoms with E-state index in [4.69, 9.17) is 5.73 Å². The topological polar surface area (TPSA) is 115 Å². The van der Waals surface area contributed by atoms with E-state index in [9.17, 15) is 9.59 Å². The zero-order chi connectivity index (χ0) is 19.7. The fraction of sp³-hybridized carbons (Fsp3) is 0.0500. The molecule has 4 rings (SSSR count). The van der Waals surface area contributed by atoms with Crippen LogP contribution in [0.25, 0.3) is 28.5 Å². The first kappa shape index (κ1) is 17.7. The second kappa shape index (κ2) is 7.16. The van der Waals surface area contributed by atoms with Gasteiger partial charge in [-0.1, -0.05) is 24.3 Å². The first-order valence-corrected chi connectivity index (χ1v) is 9.22. The molecule has 0 spiro atoms. The lowest BCUT2D eigenvalue weighted by atomic mass is 10.1. The highest BCUT2D eigenvalue weighted by Gasteiger charge is 2.13. The molecule has 4 aromatic rings. The quantitative estimate of drug-likeness (QED) is 0.402. The molecular formula is C20H15N5O2S. The zero-order valence-electron chi connectivity index (χ0n) is 14.8. The third kappa shape index (κ3) is 3.45. The Balaban J connectivity index is 1.65. The average Bonchev–Trinajstić information content (AvgIpc) is 3.31. The maximum Gasteiger partial charge on any atom is 0.241 e. The second-order valence-electron chi connectivity index (χ2n) is 6.08. The van der Waals surface area contributed by atoms with Crippen molar-refractivity contribution in [3.63, 3.8) is 0 Å². The minimum Gasteiger partial charge on any atom is -0.366 e. The summed E-state index contributed by atoms with van der Waals surface area (Å²) in [6, 6.07) is 7.21. The van der Waals surface area contributed by atoms with E-state index in [1.807, 2.05) is 19.1 Å². The summed E-state index contributed by atoms with van der Waals surface area (Å²) in [7, 11) is 0. The van der Waals surface area contributed by atoms with Crippen LogP contribution in [-0.4, -0.2) is 31.6 Å². The molecule has 0 radical (unpaired) electrons. The van der Waals surface area contributed by atoms with Gasteiger partial charge in [0.2, 0.25) is 11.7 Å². The molecule has 8 heteroatoms. The van der Waals surface area contributed by atoms with Gasteiger partial charge in [-0.2, -0.15) is 0 Å². The molecule has 0 saturated heterocycles. The Kier molecular flexibility index (Phi) is 4.54. The number of nitrogens with two attached hydrogens (primary N) is 1. The molecule has 0 aliphatic heterocycles.